The number of ether oxygens (including phenoxy) is 1. The van der Waals surface area contributed by atoms with Crippen LogP contribution in [0, 0.1) is 0 Å². The Labute approximate surface area is 204 Å². The maximum Gasteiger partial charge on any atom is 0.224 e. The second-order valence-electron chi connectivity index (χ2n) is 8.50. The van der Waals surface area contributed by atoms with Gasteiger partial charge < -0.3 is 21.1 Å². The van der Waals surface area contributed by atoms with Crippen molar-refractivity contribution < 1.29 is 4.74 Å². The number of pyridine rings is 1. The summed E-state index contributed by atoms with van der Waals surface area (Å²) in [5.74, 6) is 1.34. The van der Waals surface area contributed by atoms with Crippen molar-refractivity contribution in [2.24, 2.45) is 5.73 Å². The molecule has 35 heavy (non-hydrogen) atoms. The number of fused-ring (bicyclic) bond motifs is 1. The molecule has 4 aromatic rings. The van der Waals surface area contributed by atoms with Gasteiger partial charge in [0.15, 0.2) is 5.65 Å². The van der Waals surface area contributed by atoms with Gasteiger partial charge in [-0.25, -0.2) is 9.97 Å². The molecule has 1 unspecified atom stereocenters. The smallest absolute Gasteiger partial charge is 0.224 e. The molecule has 10 heteroatoms. The molecule has 5 rings (SSSR count). The summed E-state index contributed by atoms with van der Waals surface area (Å²) in [7, 11) is 0. The summed E-state index contributed by atoms with van der Waals surface area (Å²) in [6.45, 7) is 5.79. The lowest BCUT2D eigenvalue weighted by Gasteiger charge is -2.26. The van der Waals surface area contributed by atoms with Crippen LogP contribution in [0.1, 0.15) is 18.0 Å². The van der Waals surface area contributed by atoms with E-state index in [0.717, 1.165) is 68.4 Å². The number of anilines is 2. The first kappa shape index (κ1) is 23.2. The third-order valence-corrected chi connectivity index (χ3v) is 6.11. The van der Waals surface area contributed by atoms with Gasteiger partial charge in [0, 0.05) is 32.4 Å². The second-order valence-corrected chi connectivity index (χ2v) is 8.50. The highest BCUT2D eigenvalue weighted by Crippen LogP contribution is 2.27. The Morgan fingerprint density at radius 3 is 2.74 bits per heavy atom. The average molecular weight is 474 g/mol. The van der Waals surface area contributed by atoms with Crippen molar-refractivity contribution in [2.45, 2.75) is 12.5 Å². The van der Waals surface area contributed by atoms with E-state index in [-0.39, 0.29) is 6.04 Å². The summed E-state index contributed by atoms with van der Waals surface area (Å²) in [5, 5.41) is 15.1. The number of nitrogens with one attached hydrogen (secondary N) is 3. The molecule has 1 fully saturated rings. The Hall–Kier alpha value is -3.60. The molecule has 0 amide bonds. The number of nitrogens with zero attached hydrogens (tertiary/aromatic N) is 5. The van der Waals surface area contributed by atoms with Gasteiger partial charge in [0.1, 0.15) is 5.82 Å². The van der Waals surface area contributed by atoms with E-state index in [0.29, 0.717) is 18.1 Å². The van der Waals surface area contributed by atoms with Crippen LogP contribution in [0.3, 0.4) is 0 Å². The van der Waals surface area contributed by atoms with Gasteiger partial charge in [0.05, 0.1) is 36.0 Å². The Kier molecular flexibility index (Phi) is 7.42. The SMILES string of the molecule is NCCC(Nc1cccc(-c2[nH]nc3nc(NCCN4CCOCC4)ncc23)n1)c1ccccc1. The number of rotatable bonds is 10. The van der Waals surface area contributed by atoms with E-state index in [2.05, 4.69) is 47.8 Å². The van der Waals surface area contributed by atoms with Crippen LogP contribution < -0.4 is 16.4 Å². The molecule has 0 aliphatic carbocycles. The zero-order valence-corrected chi connectivity index (χ0v) is 19.7. The Balaban J connectivity index is 1.29. The molecule has 0 radical (unpaired) electrons. The Bertz CT molecular complexity index is 1220. The normalized spacial score (nSPS) is 15.2. The third-order valence-electron chi connectivity index (χ3n) is 6.11. The monoisotopic (exact) mass is 473 g/mol. The van der Waals surface area contributed by atoms with Crippen molar-refractivity contribution in [1.82, 2.24) is 30.0 Å². The Morgan fingerprint density at radius 1 is 1.06 bits per heavy atom. The fourth-order valence-electron chi connectivity index (χ4n) is 4.24. The number of hydrogen-bond donors (Lipinski definition) is 4. The van der Waals surface area contributed by atoms with E-state index in [1.54, 1.807) is 6.20 Å². The molecule has 3 aromatic heterocycles. The number of H-pyrrole nitrogens is 1. The van der Waals surface area contributed by atoms with E-state index < -0.39 is 0 Å². The van der Waals surface area contributed by atoms with Gasteiger partial charge in [-0.05, 0) is 30.7 Å². The lowest BCUT2D eigenvalue weighted by Crippen LogP contribution is -2.39. The minimum atomic E-state index is 0.0805. The highest BCUT2D eigenvalue weighted by Gasteiger charge is 2.15. The van der Waals surface area contributed by atoms with E-state index in [9.17, 15) is 0 Å². The van der Waals surface area contributed by atoms with Gasteiger partial charge in [0.25, 0.3) is 0 Å². The molecule has 182 valence electrons. The first-order valence-electron chi connectivity index (χ1n) is 12.0. The van der Waals surface area contributed by atoms with Crippen LogP contribution in [-0.4, -0.2) is 76.0 Å². The topological polar surface area (TPSA) is 130 Å². The predicted octanol–water partition coefficient (Wildman–Crippen LogP) is 2.66. The number of aromatic nitrogens is 5. The van der Waals surface area contributed by atoms with E-state index in [4.69, 9.17) is 15.5 Å². The van der Waals surface area contributed by atoms with Crippen molar-refractivity contribution in [3.63, 3.8) is 0 Å². The van der Waals surface area contributed by atoms with Gasteiger partial charge in [-0.2, -0.15) is 10.1 Å². The standard InChI is InChI=1S/C25H31N9O/c26-10-9-20(18-5-2-1-3-6-18)29-22-8-4-7-21(30-22)23-19-17-28-25(31-24(19)33-32-23)27-11-12-34-13-15-35-16-14-34/h1-8,17,20H,9-16,26H2,(H,29,30)(H2,27,28,31,32,33). The number of benzene rings is 1. The van der Waals surface area contributed by atoms with Gasteiger partial charge in [-0.1, -0.05) is 36.4 Å². The molecule has 1 aromatic carbocycles. The van der Waals surface area contributed by atoms with Crippen LogP contribution in [0.4, 0.5) is 11.8 Å². The summed E-state index contributed by atoms with van der Waals surface area (Å²) in [6, 6.07) is 16.3. The van der Waals surface area contributed by atoms with Crippen molar-refractivity contribution in [3.05, 3.63) is 60.3 Å². The van der Waals surface area contributed by atoms with E-state index in [1.807, 2.05) is 36.4 Å². The maximum atomic E-state index is 5.87. The molecule has 4 heterocycles. The van der Waals surface area contributed by atoms with Crippen molar-refractivity contribution >= 4 is 22.8 Å². The third kappa shape index (κ3) is 5.73. The van der Waals surface area contributed by atoms with Crippen LogP contribution in [0.5, 0.6) is 0 Å². The summed E-state index contributed by atoms with van der Waals surface area (Å²) < 4.78 is 5.40. The quantitative estimate of drug-likeness (QED) is 0.275. The molecule has 1 atom stereocenters. The minimum Gasteiger partial charge on any atom is -0.379 e. The number of aromatic amines is 1. The Morgan fingerprint density at radius 2 is 1.91 bits per heavy atom. The largest absolute Gasteiger partial charge is 0.379 e. The molecule has 1 saturated heterocycles. The van der Waals surface area contributed by atoms with Gasteiger partial charge >= 0.3 is 0 Å². The zero-order chi connectivity index (χ0) is 23.9. The van der Waals surface area contributed by atoms with E-state index >= 15 is 0 Å². The number of hydrogen-bond acceptors (Lipinski definition) is 9. The molecule has 10 nitrogen and oxygen atoms in total. The van der Waals surface area contributed by atoms with Crippen LogP contribution in [0.2, 0.25) is 0 Å². The number of nitrogens with two attached hydrogens (primary N) is 1. The first-order valence-corrected chi connectivity index (χ1v) is 12.0. The molecule has 1 aliphatic rings. The predicted molar refractivity (Wildman–Crippen MR) is 137 cm³/mol. The molecular weight excluding hydrogens is 442 g/mol. The highest BCUT2D eigenvalue weighted by molar-refractivity contribution is 5.89. The van der Waals surface area contributed by atoms with Crippen LogP contribution in [-0.2, 0) is 4.74 Å². The summed E-state index contributed by atoms with van der Waals surface area (Å²) in [5.41, 5.74) is 9.22. The summed E-state index contributed by atoms with van der Waals surface area (Å²) in [6.07, 6.45) is 2.60. The zero-order valence-electron chi connectivity index (χ0n) is 19.7. The van der Waals surface area contributed by atoms with Gasteiger partial charge in [-0.3, -0.25) is 10.00 Å². The summed E-state index contributed by atoms with van der Waals surface area (Å²) in [4.78, 5) is 16.3. The molecular formula is C25H31N9O. The average Bonchev–Trinajstić information content (AvgIpc) is 3.33. The lowest BCUT2D eigenvalue weighted by molar-refractivity contribution is 0.0398. The van der Waals surface area contributed by atoms with Crippen molar-refractivity contribution in [2.75, 3.05) is 56.6 Å². The van der Waals surface area contributed by atoms with Crippen LogP contribution in [0.15, 0.2) is 54.7 Å². The fourth-order valence-corrected chi connectivity index (χ4v) is 4.24. The van der Waals surface area contributed by atoms with Crippen molar-refractivity contribution in [1.29, 1.82) is 0 Å². The minimum absolute atomic E-state index is 0.0805. The maximum absolute atomic E-state index is 5.87. The molecule has 0 spiro atoms. The fraction of sp³-hybridized carbons (Fsp3) is 0.360. The number of morpholine rings is 1. The lowest BCUT2D eigenvalue weighted by atomic mass is 10.0. The second kappa shape index (κ2) is 11.2. The molecule has 0 bridgehead atoms. The first-order chi connectivity index (χ1) is 17.3. The van der Waals surface area contributed by atoms with Gasteiger partial charge in [-0.15, -0.1) is 0 Å². The molecule has 5 N–H and O–H groups in total. The van der Waals surface area contributed by atoms with Gasteiger partial charge in [0.2, 0.25) is 5.95 Å². The van der Waals surface area contributed by atoms with Crippen LogP contribution >= 0.6 is 0 Å². The van der Waals surface area contributed by atoms with Crippen molar-refractivity contribution in [3.8, 4) is 11.4 Å². The highest BCUT2D eigenvalue weighted by atomic mass is 16.5. The van der Waals surface area contributed by atoms with Crippen LogP contribution in [0.25, 0.3) is 22.4 Å². The summed E-state index contributed by atoms with van der Waals surface area (Å²) >= 11 is 0. The molecule has 0 saturated carbocycles. The van der Waals surface area contributed by atoms with E-state index in [1.165, 1.54) is 5.56 Å². The molecule has 1 aliphatic heterocycles.